The fraction of sp³-hybridized carbons (Fsp3) is 0.154. The Morgan fingerprint density at radius 3 is 2.70 bits per heavy atom. The van der Waals surface area contributed by atoms with Gasteiger partial charge in [-0.05, 0) is 24.6 Å². The van der Waals surface area contributed by atoms with Crippen LogP contribution in [0, 0.1) is 6.92 Å². The molecule has 104 valence electrons. The standard InChI is InChI=1S/C13H12N2O5/c1-7-2-3-9-10(4-7)20-6-11(15-9)14-5-8(12(16)17)13(18)19/h2-5H,6H2,1H3,(H,14,15)(H,16,17)(H,18,19). The summed E-state index contributed by atoms with van der Waals surface area (Å²) in [6.07, 6.45) is 0.787. The van der Waals surface area contributed by atoms with E-state index in [1.807, 2.05) is 19.1 Å². The lowest BCUT2D eigenvalue weighted by Gasteiger charge is -2.20. The van der Waals surface area contributed by atoms with Crippen molar-refractivity contribution < 1.29 is 24.5 Å². The molecule has 0 spiro atoms. The van der Waals surface area contributed by atoms with Crippen LogP contribution in [-0.2, 0) is 9.59 Å². The number of hydrogen-bond acceptors (Lipinski definition) is 4. The molecular formula is C13H12N2O5. The van der Waals surface area contributed by atoms with Gasteiger partial charge in [-0.1, -0.05) is 6.07 Å². The summed E-state index contributed by atoms with van der Waals surface area (Å²) in [6, 6.07) is 5.54. The van der Waals surface area contributed by atoms with Gasteiger partial charge in [0.2, 0.25) is 0 Å². The first kappa shape index (κ1) is 13.6. The fourth-order valence-electron chi connectivity index (χ4n) is 1.60. The first-order chi connectivity index (χ1) is 9.47. The Kier molecular flexibility index (Phi) is 3.69. The Balaban J connectivity index is 2.22. The summed E-state index contributed by atoms with van der Waals surface area (Å²) in [5.41, 5.74) is 0.931. The largest absolute Gasteiger partial charge is 0.483 e. The topological polar surface area (TPSA) is 108 Å². The number of nitrogens with zero attached hydrogens (tertiary/aromatic N) is 1. The van der Waals surface area contributed by atoms with E-state index in [2.05, 4.69) is 10.3 Å². The van der Waals surface area contributed by atoms with Crippen molar-refractivity contribution in [2.75, 3.05) is 11.9 Å². The molecule has 0 aromatic heterocycles. The van der Waals surface area contributed by atoms with E-state index in [1.54, 1.807) is 6.07 Å². The van der Waals surface area contributed by atoms with E-state index in [-0.39, 0.29) is 6.61 Å². The van der Waals surface area contributed by atoms with Crippen molar-refractivity contribution >= 4 is 23.5 Å². The van der Waals surface area contributed by atoms with Gasteiger partial charge in [0.05, 0.1) is 11.9 Å². The van der Waals surface area contributed by atoms with Gasteiger partial charge in [-0.15, -0.1) is 0 Å². The molecule has 0 saturated heterocycles. The molecule has 0 bridgehead atoms. The molecule has 1 aromatic rings. The maximum Gasteiger partial charge on any atom is 0.344 e. The first-order valence-corrected chi connectivity index (χ1v) is 5.71. The van der Waals surface area contributed by atoms with Crippen molar-refractivity contribution in [2.45, 2.75) is 6.92 Å². The molecule has 0 aliphatic carbocycles. The number of fused-ring (bicyclic) bond motifs is 1. The number of hydrogen-bond donors (Lipinski definition) is 3. The molecule has 1 aromatic carbocycles. The van der Waals surface area contributed by atoms with Crippen molar-refractivity contribution in [3.05, 3.63) is 35.5 Å². The minimum absolute atomic E-state index is 0.111. The summed E-state index contributed by atoms with van der Waals surface area (Å²) in [5.74, 6) is -2.09. The van der Waals surface area contributed by atoms with Crippen LogP contribution in [0.1, 0.15) is 5.56 Å². The molecule has 0 atom stereocenters. The molecule has 0 radical (unpaired) electrons. The molecule has 1 heterocycles. The van der Waals surface area contributed by atoms with Crippen LogP contribution < -0.4 is 10.1 Å². The Morgan fingerprint density at radius 2 is 2.05 bits per heavy atom. The van der Waals surface area contributed by atoms with E-state index in [0.29, 0.717) is 17.3 Å². The number of amidine groups is 1. The van der Waals surface area contributed by atoms with E-state index in [1.165, 1.54) is 0 Å². The van der Waals surface area contributed by atoms with Crippen LogP contribution in [0.3, 0.4) is 0 Å². The van der Waals surface area contributed by atoms with Crippen LogP contribution >= 0.6 is 0 Å². The summed E-state index contributed by atoms with van der Waals surface area (Å²) in [5, 5.41) is 20.3. The van der Waals surface area contributed by atoms with Crippen molar-refractivity contribution in [3.8, 4) is 5.75 Å². The number of benzene rings is 1. The molecule has 0 fully saturated rings. The summed E-state index contributed by atoms with van der Waals surface area (Å²) in [6.45, 7) is 2.04. The highest BCUT2D eigenvalue weighted by atomic mass is 16.5. The summed E-state index contributed by atoms with van der Waals surface area (Å²) >= 11 is 0. The second kappa shape index (κ2) is 5.43. The quantitative estimate of drug-likeness (QED) is 0.435. The number of carboxylic acid groups (broad SMARTS) is 2. The van der Waals surface area contributed by atoms with Gasteiger partial charge in [-0.3, -0.25) is 0 Å². The van der Waals surface area contributed by atoms with Gasteiger partial charge in [-0.25, -0.2) is 14.6 Å². The number of aliphatic carboxylic acids is 2. The predicted molar refractivity (Wildman–Crippen MR) is 71.1 cm³/mol. The maximum atomic E-state index is 10.7. The number of nitrogens with one attached hydrogen (secondary N) is 1. The van der Waals surface area contributed by atoms with Gasteiger partial charge in [0, 0.05) is 0 Å². The van der Waals surface area contributed by atoms with E-state index in [0.717, 1.165) is 11.8 Å². The molecule has 7 heteroatoms. The maximum absolute atomic E-state index is 10.7. The number of rotatable bonds is 3. The Morgan fingerprint density at radius 1 is 1.35 bits per heavy atom. The SMILES string of the molecule is Cc1ccc2c(c1)OCC(=NC=C(C(=O)O)C(=O)O)N2. The van der Waals surface area contributed by atoms with Crippen molar-refractivity contribution in [2.24, 2.45) is 4.99 Å². The zero-order chi connectivity index (χ0) is 14.7. The van der Waals surface area contributed by atoms with Crippen LogP contribution in [0.2, 0.25) is 0 Å². The molecule has 2 rings (SSSR count). The molecule has 1 aliphatic rings. The number of carbonyl (C=O) groups is 2. The second-order valence-corrected chi connectivity index (χ2v) is 4.14. The van der Waals surface area contributed by atoms with Crippen molar-refractivity contribution in [3.63, 3.8) is 0 Å². The van der Waals surface area contributed by atoms with Gasteiger partial charge in [0.1, 0.15) is 18.2 Å². The number of anilines is 1. The minimum atomic E-state index is -1.55. The lowest BCUT2D eigenvalue weighted by molar-refractivity contribution is -0.140. The van der Waals surface area contributed by atoms with E-state index in [9.17, 15) is 9.59 Å². The zero-order valence-corrected chi connectivity index (χ0v) is 10.6. The van der Waals surface area contributed by atoms with Crippen LogP contribution in [-0.4, -0.2) is 34.6 Å². The normalized spacial score (nSPS) is 14.8. The third kappa shape index (κ3) is 2.94. The molecular weight excluding hydrogens is 264 g/mol. The second-order valence-electron chi connectivity index (χ2n) is 4.14. The average molecular weight is 276 g/mol. The summed E-state index contributed by atoms with van der Waals surface area (Å²) in [4.78, 5) is 25.2. The Bertz CT molecular complexity index is 618. The smallest absolute Gasteiger partial charge is 0.344 e. The van der Waals surface area contributed by atoms with E-state index in [4.69, 9.17) is 14.9 Å². The number of carboxylic acids is 2. The van der Waals surface area contributed by atoms with Gasteiger partial charge in [0.25, 0.3) is 0 Å². The molecule has 0 amide bonds. The van der Waals surface area contributed by atoms with E-state index < -0.39 is 17.5 Å². The number of aryl methyl sites for hydroxylation is 1. The molecule has 7 nitrogen and oxygen atoms in total. The minimum Gasteiger partial charge on any atom is -0.483 e. The first-order valence-electron chi connectivity index (χ1n) is 5.71. The molecule has 0 saturated carbocycles. The number of aliphatic imine (C=N–C) groups is 1. The van der Waals surface area contributed by atoms with Gasteiger partial charge >= 0.3 is 11.9 Å². The summed E-state index contributed by atoms with van der Waals surface area (Å²) in [7, 11) is 0. The summed E-state index contributed by atoms with van der Waals surface area (Å²) < 4.78 is 5.45. The zero-order valence-electron chi connectivity index (χ0n) is 10.6. The highest BCUT2D eigenvalue weighted by Gasteiger charge is 2.17. The molecule has 1 aliphatic heterocycles. The predicted octanol–water partition coefficient (Wildman–Crippen LogP) is 1.25. The molecule has 20 heavy (non-hydrogen) atoms. The Hall–Kier alpha value is -2.83. The van der Waals surface area contributed by atoms with E-state index >= 15 is 0 Å². The Labute approximate surface area is 114 Å². The fourth-order valence-corrected chi connectivity index (χ4v) is 1.60. The van der Waals surface area contributed by atoms with Crippen molar-refractivity contribution in [1.29, 1.82) is 0 Å². The third-order valence-electron chi connectivity index (χ3n) is 2.59. The lowest BCUT2D eigenvalue weighted by atomic mass is 10.2. The van der Waals surface area contributed by atoms with Crippen LogP contribution in [0.5, 0.6) is 5.75 Å². The molecule has 3 N–H and O–H groups in total. The molecule has 0 unspecified atom stereocenters. The van der Waals surface area contributed by atoms with Crippen LogP contribution in [0.4, 0.5) is 5.69 Å². The highest BCUT2D eigenvalue weighted by Crippen LogP contribution is 2.28. The number of ether oxygens (including phenoxy) is 1. The average Bonchev–Trinajstić information content (AvgIpc) is 2.38. The van der Waals surface area contributed by atoms with Crippen molar-refractivity contribution in [1.82, 2.24) is 0 Å². The van der Waals surface area contributed by atoms with Gasteiger partial charge in [0.15, 0.2) is 5.57 Å². The third-order valence-corrected chi connectivity index (χ3v) is 2.59. The van der Waals surface area contributed by atoms with Crippen LogP contribution in [0.25, 0.3) is 0 Å². The highest BCUT2D eigenvalue weighted by molar-refractivity contribution is 6.12. The van der Waals surface area contributed by atoms with Gasteiger partial charge in [-0.2, -0.15) is 0 Å². The van der Waals surface area contributed by atoms with Crippen LogP contribution in [0.15, 0.2) is 35.0 Å². The van der Waals surface area contributed by atoms with Gasteiger partial charge < -0.3 is 20.3 Å². The lowest BCUT2D eigenvalue weighted by Crippen LogP contribution is -2.26. The monoisotopic (exact) mass is 276 g/mol.